The van der Waals surface area contributed by atoms with E-state index in [1.807, 2.05) is 32.9 Å². The first-order valence-electron chi connectivity index (χ1n) is 6.52. The normalized spacial score (nSPS) is 10.8. The van der Waals surface area contributed by atoms with E-state index < -0.39 is 0 Å². The van der Waals surface area contributed by atoms with E-state index >= 15 is 0 Å². The Morgan fingerprint density at radius 1 is 1.37 bits per heavy atom. The van der Waals surface area contributed by atoms with Gasteiger partial charge in [-0.05, 0) is 54.4 Å². The molecular weight excluding hydrogens is 310 g/mol. The van der Waals surface area contributed by atoms with E-state index in [1.54, 1.807) is 0 Å². The van der Waals surface area contributed by atoms with Crippen LogP contribution in [0.1, 0.15) is 26.3 Å². The molecule has 0 aromatic heterocycles. The summed E-state index contributed by atoms with van der Waals surface area (Å²) < 4.78 is 12.3. The number of aliphatic hydroxyl groups excluding tert-OH is 1. The van der Waals surface area contributed by atoms with Gasteiger partial charge in [-0.25, -0.2) is 0 Å². The van der Waals surface area contributed by atoms with E-state index in [1.165, 1.54) is 0 Å². The van der Waals surface area contributed by atoms with E-state index in [0.717, 1.165) is 21.5 Å². The largest absolute Gasteiger partial charge is 0.490 e. The second-order valence-corrected chi connectivity index (χ2v) is 5.26. The predicted octanol–water partition coefficient (Wildman–Crippen LogP) is 2.72. The monoisotopic (exact) mass is 331 g/mol. The maximum absolute atomic E-state index is 8.76. The molecule has 5 heteroatoms. The van der Waals surface area contributed by atoms with Gasteiger partial charge in [-0.1, -0.05) is 0 Å². The highest BCUT2D eigenvalue weighted by Crippen LogP contribution is 2.37. The van der Waals surface area contributed by atoms with Crippen molar-refractivity contribution in [1.82, 2.24) is 5.32 Å². The molecule has 0 bridgehead atoms. The molecule has 0 fully saturated rings. The van der Waals surface area contributed by atoms with Crippen LogP contribution in [0.5, 0.6) is 11.5 Å². The smallest absolute Gasteiger partial charge is 0.175 e. The molecule has 0 aliphatic rings. The van der Waals surface area contributed by atoms with Crippen molar-refractivity contribution in [2.24, 2.45) is 0 Å². The fraction of sp³-hybridized carbons (Fsp3) is 0.571. The number of benzene rings is 1. The Balaban J connectivity index is 2.92. The van der Waals surface area contributed by atoms with Gasteiger partial charge in [-0.15, -0.1) is 0 Å². The molecule has 0 aliphatic carbocycles. The molecule has 19 heavy (non-hydrogen) atoms. The second kappa shape index (κ2) is 8.40. The lowest BCUT2D eigenvalue weighted by atomic mass is 10.2. The lowest BCUT2D eigenvalue weighted by molar-refractivity contribution is 0.222. The van der Waals surface area contributed by atoms with Gasteiger partial charge in [0.25, 0.3) is 0 Å². The van der Waals surface area contributed by atoms with Crippen molar-refractivity contribution in [1.29, 1.82) is 0 Å². The van der Waals surface area contributed by atoms with Crippen molar-refractivity contribution in [3.05, 3.63) is 22.2 Å². The Kier molecular flexibility index (Phi) is 7.20. The maximum Gasteiger partial charge on any atom is 0.175 e. The first-order valence-corrected chi connectivity index (χ1v) is 7.31. The van der Waals surface area contributed by atoms with Crippen LogP contribution in [0.25, 0.3) is 0 Å². The van der Waals surface area contributed by atoms with Gasteiger partial charge in [0.2, 0.25) is 0 Å². The predicted molar refractivity (Wildman–Crippen MR) is 79.9 cm³/mol. The molecular formula is C14H22BrNO3. The summed E-state index contributed by atoms with van der Waals surface area (Å²) in [6.45, 7) is 7.90. The first kappa shape index (κ1) is 16.3. The Bertz CT molecular complexity index is 397. The standard InChI is InChI=1S/C14H22BrNO3/c1-4-18-13-8-11(9-16-5-6-17)7-12(15)14(13)19-10(2)3/h7-8,10,16-17H,4-6,9H2,1-3H3. The zero-order chi connectivity index (χ0) is 14.3. The summed E-state index contributed by atoms with van der Waals surface area (Å²) in [4.78, 5) is 0. The number of rotatable bonds is 8. The summed E-state index contributed by atoms with van der Waals surface area (Å²) in [6, 6.07) is 3.97. The van der Waals surface area contributed by atoms with Crippen molar-refractivity contribution in [3.63, 3.8) is 0 Å². The molecule has 0 spiro atoms. The molecule has 1 aromatic carbocycles. The molecule has 2 N–H and O–H groups in total. The first-order chi connectivity index (χ1) is 9.08. The molecule has 0 aliphatic heterocycles. The summed E-state index contributed by atoms with van der Waals surface area (Å²) in [5.41, 5.74) is 1.08. The highest BCUT2D eigenvalue weighted by Gasteiger charge is 2.13. The Morgan fingerprint density at radius 2 is 2.11 bits per heavy atom. The molecule has 0 heterocycles. The molecule has 1 rings (SSSR count). The van der Waals surface area contributed by atoms with Crippen LogP contribution in [0.15, 0.2) is 16.6 Å². The highest BCUT2D eigenvalue weighted by molar-refractivity contribution is 9.10. The van der Waals surface area contributed by atoms with Crippen LogP contribution in [-0.2, 0) is 6.54 Å². The van der Waals surface area contributed by atoms with Crippen molar-refractivity contribution < 1.29 is 14.6 Å². The fourth-order valence-electron chi connectivity index (χ4n) is 1.65. The number of ether oxygens (including phenoxy) is 2. The van der Waals surface area contributed by atoms with Crippen molar-refractivity contribution >= 4 is 15.9 Å². The van der Waals surface area contributed by atoms with Gasteiger partial charge in [0, 0.05) is 13.1 Å². The maximum atomic E-state index is 8.76. The minimum atomic E-state index is 0.0915. The summed E-state index contributed by atoms with van der Waals surface area (Å²) >= 11 is 3.52. The van der Waals surface area contributed by atoms with Crippen LogP contribution in [0.3, 0.4) is 0 Å². The van der Waals surface area contributed by atoms with Gasteiger partial charge in [0.05, 0.1) is 23.8 Å². The molecule has 4 nitrogen and oxygen atoms in total. The Hall–Kier alpha value is -0.780. The number of hydrogen-bond acceptors (Lipinski definition) is 4. The number of hydrogen-bond donors (Lipinski definition) is 2. The summed E-state index contributed by atoms with van der Waals surface area (Å²) in [7, 11) is 0. The van der Waals surface area contributed by atoms with Gasteiger partial charge >= 0.3 is 0 Å². The van der Waals surface area contributed by atoms with E-state index in [0.29, 0.717) is 19.7 Å². The molecule has 0 saturated heterocycles. The van der Waals surface area contributed by atoms with Crippen LogP contribution < -0.4 is 14.8 Å². The van der Waals surface area contributed by atoms with E-state index in [2.05, 4.69) is 21.2 Å². The lowest BCUT2D eigenvalue weighted by Crippen LogP contribution is -2.17. The van der Waals surface area contributed by atoms with Gasteiger partial charge in [0.1, 0.15) is 0 Å². The van der Waals surface area contributed by atoms with Crippen LogP contribution >= 0.6 is 15.9 Å². The molecule has 0 amide bonds. The van der Waals surface area contributed by atoms with Crippen molar-refractivity contribution in [3.8, 4) is 11.5 Å². The fourth-order valence-corrected chi connectivity index (χ4v) is 2.23. The van der Waals surface area contributed by atoms with Gasteiger partial charge in [-0.3, -0.25) is 0 Å². The lowest BCUT2D eigenvalue weighted by Gasteiger charge is -2.17. The van der Waals surface area contributed by atoms with Crippen LogP contribution in [0, 0.1) is 0 Å². The highest BCUT2D eigenvalue weighted by atomic mass is 79.9. The summed E-state index contributed by atoms with van der Waals surface area (Å²) in [6.07, 6.45) is 0.0915. The third kappa shape index (κ3) is 5.38. The minimum absolute atomic E-state index is 0.0915. The van der Waals surface area contributed by atoms with E-state index in [4.69, 9.17) is 14.6 Å². The molecule has 108 valence electrons. The van der Waals surface area contributed by atoms with Gasteiger partial charge < -0.3 is 19.9 Å². The average molecular weight is 332 g/mol. The van der Waals surface area contributed by atoms with E-state index in [9.17, 15) is 0 Å². The molecule has 0 unspecified atom stereocenters. The summed E-state index contributed by atoms with van der Waals surface area (Å²) in [5.74, 6) is 1.48. The van der Waals surface area contributed by atoms with Crippen molar-refractivity contribution in [2.45, 2.75) is 33.4 Å². The number of nitrogens with one attached hydrogen (secondary N) is 1. The molecule has 0 atom stereocenters. The quantitative estimate of drug-likeness (QED) is 0.719. The van der Waals surface area contributed by atoms with Crippen LogP contribution in [0.2, 0.25) is 0 Å². The topological polar surface area (TPSA) is 50.7 Å². The van der Waals surface area contributed by atoms with Crippen LogP contribution in [0.4, 0.5) is 0 Å². The van der Waals surface area contributed by atoms with Crippen molar-refractivity contribution in [2.75, 3.05) is 19.8 Å². The number of aliphatic hydroxyl groups is 1. The number of halogens is 1. The molecule has 1 aromatic rings. The minimum Gasteiger partial charge on any atom is -0.490 e. The Labute approximate surface area is 123 Å². The van der Waals surface area contributed by atoms with Gasteiger partial charge in [-0.2, -0.15) is 0 Å². The third-order valence-corrected chi connectivity index (χ3v) is 2.93. The second-order valence-electron chi connectivity index (χ2n) is 4.40. The third-order valence-electron chi connectivity index (χ3n) is 2.34. The Morgan fingerprint density at radius 3 is 2.68 bits per heavy atom. The van der Waals surface area contributed by atoms with E-state index in [-0.39, 0.29) is 12.7 Å². The zero-order valence-electron chi connectivity index (χ0n) is 11.7. The molecule has 0 radical (unpaired) electrons. The zero-order valence-corrected chi connectivity index (χ0v) is 13.3. The average Bonchev–Trinajstić information content (AvgIpc) is 2.34. The van der Waals surface area contributed by atoms with Gasteiger partial charge in [0.15, 0.2) is 11.5 Å². The molecule has 0 saturated carbocycles. The van der Waals surface area contributed by atoms with Crippen LogP contribution in [-0.4, -0.2) is 31.0 Å². The summed E-state index contributed by atoms with van der Waals surface area (Å²) in [5, 5.41) is 11.9. The SMILES string of the molecule is CCOc1cc(CNCCO)cc(Br)c1OC(C)C.